The molecule has 3 heterocycles. The van der Waals surface area contributed by atoms with Gasteiger partial charge >= 0.3 is 0 Å². The van der Waals surface area contributed by atoms with Gasteiger partial charge in [0, 0.05) is 90.9 Å². The first-order valence-electron chi connectivity index (χ1n) is 25.2. The van der Waals surface area contributed by atoms with Crippen molar-refractivity contribution >= 4 is 113 Å². The maximum atomic E-state index is 2.47. The lowest BCUT2D eigenvalue weighted by atomic mass is 9.96. The molecule has 0 atom stereocenters. The van der Waals surface area contributed by atoms with E-state index >= 15 is 0 Å². The Bertz CT molecular complexity index is 4360. The van der Waals surface area contributed by atoms with Gasteiger partial charge < -0.3 is 14.4 Å². The Morgan fingerprint density at radius 2 is 1.00 bits per heavy atom. The van der Waals surface area contributed by atoms with Gasteiger partial charge in [-0.05, 0) is 163 Å². The number of rotatable bonds is 9. The van der Waals surface area contributed by atoms with Crippen molar-refractivity contribution in [2.45, 2.75) is 26.7 Å². The summed E-state index contributed by atoms with van der Waals surface area (Å²) in [5.74, 6) is 0. The molecule has 348 valence electrons. The third kappa shape index (κ3) is 7.46. The number of aryl methyl sites for hydroxylation is 2. The molecule has 1 aliphatic rings. The molecule has 14 rings (SSSR count). The molecule has 0 N–H and O–H groups in total. The minimum Gasteiger partial charge on any atom is -0.314 e. The van der Waals surface area contributed by atoms with Gasteiger partial charge in [-0.25, -0.2) is 0 Å². The van der Waals surface area contributed by atoms with E-state index in [1.165, 1.54) is 95.7 Å². The molecule has 0 fully saturated rings. The number of para-hydroxylation sites is 1. The van der Waals surface area contributed by atoms with Crippen LogP contribution in [0.3, 0.4) is 0 Å². The van der Waals surface area contributed by atoms with Gasteiger partial charge in [0.1, 0.15) is 0 Å². The highest BCUT2D eigenvalue weighted by Crippen LogP contribution is 2.45. The summed E-state index contributed by atoms with van der Waals surface area (Å²) in [4.78, 5) is 4.90. The van der Waals surface area contributed by atoms with Gasteiger partial charge in [-0.1, -0.05) is 133 Å². The second-order valence-corrected chi connectivity index (χ2v) is 21.5. The fourth-order valence-electron chi connectivity index (χ4n) is 11.4. The fraction of sp³-hybridized carbons (Fsp3) is 0.0588. The Kier molecular flexibility index (Phi) is 10.5. The first-order valence-corrected chi connectivity index (χ1v) is 26.8. The maximum absolute atomic E-state index is 2.47. The molecule has 0 bridgehead atoms. The first kappa shape index (κ1) is 43.3. The van der Waals surface area contributed by atoms with Gasteiger partial charge in [0.2, 0.25) is 0 Å². The molecular weight excluding hydrogens is 923 g/mol. The zero-order valence-electron chi connectivity index (χ0n) is 40.6. The highest BCUT2D eigenvalue weighted by Gasteiger charge is 2.22. The average Bonchev–Trinajstić information content (AvgIpc) is 4.10. The van der Waals surface area contributed by atoms with E-state index in [1.54, 1.807) is 0 Å². The number of hydrogen-bond donors (Lipinski definition) is 0. The largest absolute Gasteiger partial charge is 0.314 e. The van der Waals surface area contributed by atoms with E-state index in [-0.39, 0.29) is 0 Å². The molecule has 0 saturated heterocycles. The highest BCUT2D eigenvalue weighted by molar-refractivity contribution is 7.26. The van der Waals surface area contributed by atoms with Crippen molar-refractivity contribution in [2.75, 3.05) is 9.80 Å². The zero-order chi connectivity index (χ0) is 48.6. The molecule has 5 heteroatoms. The van der Waals surface area contributed by atoms with E-state index in [0.717, 1.165) is 52.5 Å². The predicted octanol–water partition coefficient (Wildman–Crippen LogP) is 20.3. The minimum absolute atomic E-state index is 0.956. The van der Waals surface area contributed by atoms with Gasteiger partial charge in [0.05, 0.1) is 11.0 Å². The molecule has 1 aliphatic carbocycles. The molecule has 0 unspecified atom stereocenters. The molecule has 0 aliphatic heterocycles. The summed E-state index contributed by atoms with van der Waals surface area (Å²) in [6.07, 6.45) is 8.73. The van der Waals surface area contributed by atoms with Gasteiger partial charge in [-0.15, -0.1) is 22.7 Å². The summed E-state index contributed by atoms with van der Waals surface area (Å²) in [5.41, 5.74) is 17.9. The van der Waals surface area contributed by atoms with E-state index in [0.29, 0.717) is 0 Å². The van der Waals surface area contributed by atoms with Crippen molar-refractivity contribution in [1.29, 1.82) is 0 Å². The standard InChI is InChI=1S/C68H49N3S2/c1-44-16-9-10-23-55(44)56-35-32-52(38-45(56)2)70(54-34-37-60-58-24-11-13-26-65(58)72-67(60)41-54)51-22-15-17-47(39-51)46-28-30-50(31-29-46)69(48-18-5-3-6-19-48)53-33-36-57-61-42-62-59-25-12-14-27-66(59)73-68(62)43-64(61)71(63(57)40-53)49-20-7-4-8-21-49/h3-5,7-18,20-43H,6,19H2,1-2H3. The lowest BCUT2D eigenvalue weighted by molar-refractivity contribution is 0.918. The number of allylic oxidation sites excluding steroid dienone is 4. The molecule has 0 radical (unpaired) electrons. The van der Waals surface area contributed by atoms with Crippen molar-refractivity contribution < 1.29 is 0 Å². The summed E-state index contributed by atoms with van der Waals surface area (Å²) in [5, 5.41) is 7.77. The van der Waals surface area contributed by atoms with E-state index in [4.69, 9.17) is 0 Å². The normalized spacial score (nSPS) is 12.7. The van der Waals surface area contributed by atoms with E-state index in [1.807, 2.05) is 22.7 Å². The topological polar surface area (TPSA) is 11.4 Å². The number of thiophene rings is 2. The molecular formula is C68H49N3S2. The number of hydrogen-bond acceptors (Lipinski definition) is 4. The molecule has 0 spiro atoms. The quantitative estimate of drug-likeness (QED) is 0.143. The van der Waals surface area contributed by atoms with E-state index in [2.05, 4.69) is 265 Å². The van der Waals surface area contributed by atoms with Crippen LogP contribution in [0.2, 0.25) is 0 Å². The van der Waals surface area contributed by atoms with Crippen LogP contribution in [0, 0.1) is 13.8 Å². The van der Waals surface area contributed by atoms with Crippen LogP contribution in [-0.4, -0.2) is 4.57 Å². The molecule has 3 aromatic heterocycles. The first-order chi connectivity index (χ1) is 36.0. The molecule has 10 aromatic carbocycles. The Hall–Kier alpha value is -8.48. The minimum atomic E-state index is 0.956. The van der Waals surface area contributed by atoms with Crippen molar-refractivity contribution in [3.63, 3.8) is 0 Å². The van der Waals surface area contributed by atoms with Crippen LogP contribution in [0.15, 0.2) is 242 Å². The zero-order valence-corrected chi connectivity index (χ0v) is 42.2. The van der Waals surface area contributed by atoms with Crippen molar-refractivity contribution in [1.82, 2.24) is 4.57 Å². The molecule has 13 aromatic rings. The third-order valence-corrected chi connectivity index (χ3v) is 17.2. The van der Waals surface area contributed by atoms with E-state index in [9.17, 15) is 0 Å². The molecule has 0 amide bonds. The SMILES string of the molecule is Cc1ccccc1-c1ccc(N(c2cccc(-c3ccc(N(C4=CC=CCC4)c4ccc5c6cc7c(cc6n(-c6ccccc6)c5c4)sc4ccccc47)cc3)c2)c2ccc3c(c2)sc2ccccc23)cc1C. The van der Waals surface area contributed by atoms with Crippen molar-refractivity contribution in [3.05, 3.63) is 253 Å². The Morgan fingerprint density at radius 3 is 1.77 bits per heavy atom. The Labute approximate surface area is 433 Å². The van der Waals surface area contributed by atoms with Crippen LogP contribution in [-0.2, 0) is 0 Å². The van der Waals surface area contributed by atoms with Crippen LogP contribution in [0.5, 0.6) is 0 Å². The lowest BCUT2D eigenvalue weighted by Crippen LogP contribution is -2.17. The lowest BCUT2D eigenvalue weighted by Gasteiger charge is -2.29. The average molecular weight is 972 g/mol. The van der Waals surface area contributed by atoms with Gasteiger partial charge in [-0.3, -0.25) is 0 Å². The van der Waals surface area contributed by atoms with Crippen LogP contribution < -0.4 is 9.80 Å². The summed E-state index contributed by atoms with van der Waals surface area (Å²) in [7, 11) is 0. The molecule has 0 saturated carbocycles. The molecule has 3 nitrogen and oxygen atoms in total. The Morgan fingerprint density at radius 1 is 0.384 bits per heavy atom. The number of fused-ring (bicyclic) bond motifs is 9. The number of nitrogens with zero attached hydrogens (tertiary/aromatic N) is 3. The summed E-state index contributed by atoms with van der Waals surface area (Å²) in [6.45, 7) is 4.44. The highest BCUT2D eigenvalue weighted by atomic mass is 32.1. The van der Waals surface area contributed by atoms with Gasteiger partial charge in [-0.2, -0.15) is 0 Å². The van der Waals surface area contributed by atoms with E-state index < -0.39 is 0 Å². The van der Waals surface area contributed by atoms with Crippen molar-refractivity contribution in [3.8, 4) is 27.9 Å². The summed E-state index contributed by atoms with van der Waals surface area (Å²) < 4.78 is 7.69. The summed E-state index contributed by atoms with van der Waals surface area (Å²) in [6, 6.07) is 81.2. The number of benzene rings is 10. The van der Waals surface area contributed by atoms with Gasteiger partial charge in [0.15, 0.2) is 0 Å². The second-order valence-electron chi connectivity index (χ2n) is 19.3. The summed E-state index contributed by atoms with van der Waals surface area (Å²) >= 11 is 3.74. The third-order valence-electron chi connectivity index (χ3n) is 14.9. The Balaban J connectivity index is 0.867. The van der Waals surface area contributed by atoms with Crippen LogP contribution in [0.1, 0.15) is 24.0 Å². The van der Waals surface area contributed by atoms with Crippen LogP contribution in [0.25, 0.3) is 90.1 Å². The fourth-order valence-corrected chi connectivity index (χ4v) is 13.6. The van der Waals surface area contributed by atoms with Crippen molar-refractivity contribution in [2.24, 2.45) is 0 Å². The monoisotopic (exact) mass is 971 g/mol. The molecule has 73 heavy (non-hydrogen) atoms. The van der Waals surface area contributed by atoms with Crippen LogP contribution >= 0.6 is 22.7 Å². The predicted molar refractivity (Wildman–Crippen MR) is 317 cm³/mol. The maximum Gasteiger partial charge on any atom is 0.0561 e. The van der Waals surface area contributed by atoms with Crippen LogP contribution in [0.4, 0.5) is 28.4 Å². The number of aromatic nitrogens is 1. The van der Waals surface area contributed by atoms with Gasteiger partial charge in [0.25, 0.3) is 0 Å². The number of anilines is 5. The smallest absolute Gasteiger partial charge is 0.0561 e. The second kappa shape index (κ2) is 17.7.